The smallest absolute Gasteiger partial charge is 0.0901 e. The molecule has 1 rings (SSSR count). The molecule has 2 N–H and O–H groups in total. The summed E-state index contributed by atoms with van der Waals surface area (Å²) in [6.07, 6.45) is 3.76. The van der Waals surface area contributed by atoms with E-state index in [1.807, 2.05) is 38.3 Å². The Kier molecular flexibility index (Phi) is 5.55. The molecule has 94 valence electrons. The Balaban J connectivity index is 2.63. The number of hydrogen-bond acceptors (Lipinski definition) is 4. The van der Waals surface area contributed by atoms with Crippen molar-refractivity contribution in [1.29, 1.82) is 0 Å². The van der Waals surface area contributed by atoms with Crippen molar-refractivity contribution < 1.29 is 10.2 Å². The van der Waals surface area contributed by atoms with E-state index < -0.39 is 6.10 Å². The van der Waals surface area contributed by atoms with Crippen LogP contribution in [0.25, 0.3) is 6.08 Å². The van der Waals surface area contributed by atoms with E-state index in [1.54, 1.807) is 11.3 Å². The highest BCUT2D eigenvalue weighted by Crippen LogP contribution is 2.15. The van der Waals surface area contributed by atoms with Crippen molar-refractivity contribution in [3.8, 4) is 0 Å². The van der Waals surface area contributed by atoms with E-state index in [0.29, 0.717) is 6.42 Å². The summed E-state index contributed by atoms with van der Waals surface area (Å²) < 4.78 is 0. The zero-order valence-corrected chi connectivity index (χ0v) is 11.3. The van der Waals surface area contributed by atoms with Crippen molar-refractivity contribution in [2.45, 2.75) is 33.3 Å². The fourth-order valence-corrected chi connectivity index (χ4v) is 1.91. The highest BCUT2D eigenvalue weighted by Gasteiger charge is 2.05. The SMILES string of the molecule is C/C(=C\C[C@H](O)/C(C)=C/c1csc(C)n1)CO. The van der Waals surface area contributed by atoms with Crippen molar-refractivity contribution in [1.82, 2.24) is 4.98 Å². The maximum Gasteiger partial charge on any atom is 0.0901 e. The average Bonchev–Trinajstić information content (AvgIpc) is 2.70. The van der Waals surface area contributed by atoms with Crippen LogP contribution in [0, 0.1) is 6.92 Å². The van der Waals surface area contributed by atoms with Crippen LogP contribution in [0.2, 0.25) is 0 Å². The molecule has 3 nitrogen and oxygen atoms in total. The third-order valence-electron chi connectivity index (χ3n) is 2.48. The van der Waals surface area contributed by atoms with Gasteiger partial charge in [-0.25, -0.2) is 4.98 Å². The molecule has 0 unspecified atom stereocenters. The fourth-order valence-electron chi connectivity index (χ4n) is 1.34. The van der Waals surface area contributed by atoms with Crippen molar-refractivity contribution >= 4 is 17.4 Å². The summed E-state index contributed by atoms with van der Waals surface area (Å²) in [5, 5.41) is 21.8. The molecule has 0 aromatic carbocycles. The Morgan fingerprint density at radius 3 is 2.76 bits per heavy atom. The standard InChI is InChI=1S/C13H19NO2S/c1-9(7-15)4-5-13(16)10(2)6-12-8-17-11(3)14-12/h4,6,8,13,15-16H,5,7H2,1-3H3/b9-4+,10-6+/t13-/m0/s1. The first kappa shape index (κ1) is 14.1. The molecule has 1 heterocycles. The van der Waals surface area contributed by atoms with E-state index >= 15 is 0 Å². The summed E-state index contributed by atoms with van der Waals surface area (Å²) in [4.78, 5) is 4.32. The molecule has 0 radical (unpaired) electrons. The summed E-state index contributed by atoms with van der Waals surface area (Å²) in [6, 6.07) is 0. The maximum absolute atomic E-state index is 9.91. The van der Waals surface area contributed by atoms with E-state index in [0.717, 1.165) is 21.8 Å². The van der Waals surface area contributed by atoms with Gasteiger partial charge in [-0.3, -0.25) is 0 Å². The lowest BCUT2D eigenvalue weighted by Crippen LogP contribution is -2.07. The van der Waals surface area contributed by atoms with E-state index in [2.05, 4.69) is 4.98 Å². The molecular formula is C13H19NO2S. The van der Waals surface area contributed by atoms with Gasteiger partial charge in [0, 0.05) is 5.38 Å². The highest BCUT2D eigenvalue weighted by molar-refractivity contribution is 7.09. The second-order valence-corrected chi connectivity index (χ2v) is 5.20. The molecule has 0 bridgehead atoms. The predicted molar refractivity (Wildman–Crippen MR) is 72.0 cm³/mol. The first-order valence-electron chi connectivity index (χ1n) is 5.57. The normalized spacial score (nSPS) is 15.1. The lowest BCUT2D eigenvalue weighted by Gasteiger charge is -2.08. The zero-order valence-electron chi connectivity index (χ0n) is 10.5. The second-order valence-electron chi connectivity index (χ2n) is 4.14. The van der Waals surface area contributed by atoms with Gasteiger partial charge in [-0.1, -0.05) is 11.6 Å². The summed E-state index contributed by atoms with van der Waals surface area (Å²) in [7, 11) is 0. The van der Waals surface area contributed by atoms with Crippen LogP contribution in [0.15, 0.2) is 22.6 Å². The zero-order chi connectivity index (χ0) is 12.8. The van der Waals surface area contributed by atoms with Crippen LogP contribution in [-0.2, 0) is 0 Å². The number of rotatable bonds is 5. The summed E-state index contributed by atoms with van der Waals surface area (Å²) in [6.45, 7) is 5.74. The van der Waals surface area contributed by atoms with Gasteiger partial charge in [0.05, 0.1) is 23.4 Å². The number of aliphatic hydroxyl groups is 2. The lowest BCUT2D eigenvalue weighted by atomic mass is 10.1. The first-order valence-corrected chi connectivity index (χ1v) is 6.45. The van der Waals surface area contributed by atoms with Crippen LogP contribution in [0.4, 0.5) is 0 Å². The van der Waals surface area contributed by atoms with Gasteiger partial charge in [-0.05, 0) is 38.8 Å². The van der Waals surface area contributed by atoms with Crippen LogP contribution in [0.5, 0.6) is 0 Å². The first-order chi connectivity index (χ1) is 8.02. The lowest BCUT2D eigenvalue weighted by molar-refractivity contribution is 0.215. The van der Waals surface area contributed by atoms with Crippen LogP contribution < -0.4 is 0 Å². The van der Waals surface area contributed by atoms with Crippen molar-refractivity contribution in [3.05, 3.63) is 33.3 Å². The molecule has 1 aromatic rings. The number of aromatic nitrogens is 1. The van der Waals surface area contributed by atoms with Crippen LogP contribution in [0.3, 0.4) is 0 Å². The van der Waals surface area contributed by atoms with Gasteiger partial charge in [0.2, 0.25) is 0 Å². The summed E-state index contributed by atoms with van der Waals surface area (Å²) >= 11 is 1.60. The van der Waals surface area contributed by atoms with Gasteiger partial charge in [0.15, 0.2) is 0 Å². The van der Waals surface area contributed by atoms with Crippen LogP contribution >= 0.6 is 11.3 Å². The molecular weight excluding hydrogens is 234 g/mol. The van der Waals surface area contributed by atoms with Crippen molar-refractivity contribution in [2.75, 3.05) is 6.61 Å². The van der Waals surface area contributed by atoms with E-state index in [4.69, 9.17) is 5.11 Å². The van der Waals surface area contributed by atoms with Gasteiger partial charge in [0.25, 0.3) is 0 Å². The molecule has 0 amide bonds. The summed E-state index contributed by atoms with van der Waals surface area (Å²) in [5.41, 5.74) is 2.66. The molecule has 0 aliphatic rings. The van der Waals surface area contributed by atoms with Crippen molar-refractivity contribution in [2.24, 2.45) is 0 Å². The molecule has 4 heteroatoms. The molecule has 1 atom stereocenters. The Labute approximate surface area is 106 Å². The highest BCUT2D eigenvalue weighted by atomic mass is 32.1. The molecule has 17 heavy (non-hydrogen) atoms. The minimum absolute atomic E-state index is 0.0424. The Morgan fingerprint density at radius 2 is 2.24 bits per heavy atom. The average molecular weight is 253 g/mol. The van der Waals surface area contributed by atoms with E-state index in [1.165, 1.54) is 0 Å². The topological polar surface area (TPSA) is 53.4 Å². The van der Waals surface area contributed by atoms with Gasteiger partial charge in [0.1, 0.15) is 0 Å². The molecule has 0 aliphatic heterocycles. The summed E-state index contributed by atoms with van der Waals surface area (Å²) in [5.74, 6) is 0. The predicted octanol–water partition coefficient (Wildman–Crippen LogP) is 2.54. The van der Waals surface area contributed by atoms with Gasteiger partial charge in [-0.2, -0.15) is 0 Å². The molecule has 0 fully saturated rings. The molecule has 0 aliphatic carbocycles. The minimum atomic E-state index is -0.515. The van der Waals surface area contributed by atoms with Gasteiger partial charge < -0.3 is 10.2 Å². The maximum atomic E-state index is 9.91. The quantitative estimate of drug-likeness (QED) is 0.793. The van der Waals surface area contributed by atoms with Crippen molar-refractivity contribution in [3.63, 3.8) is 0 Å². The third-order valence-corrected chi connectivity index (χ3v) is 3.27. The monoisotopic (exact) mass is 253 g/mol. The number of hydrogen-bond donors (Lipinski definition) is 2. The van der Waals surface area contributed by atoms with Gasteiger partial charge in [-0.15, -0.1) is 11.3 Å². The fraction of sp³-hybridized carbons (Fsp3) is 0.462. The molecule has 0 spiro atoms. The number of aliphatic hydroxyl groups excluding tert-OH is 2. The largest absolute Gasteiger partial charge is 0.392 e. The second kappa shape index (κ2) is 6.69. The van der Waals surface area contributed by atoms with E-state index in [-0.39, 0.29) is 6.61 Å². The van der Waals surface area contributed by atoms with Gasteiger partial charge >= 0.3 is 0 Å². The van der Waals surface area contributed by atoms with Crippen LogP contribution in [0.1, 0.15) is 31.0 Å². The Morgan fingerprint density at radius 1 is 1.53 bits per heavy atom. The molecule has 0 saturated carbocycles. The number of thiazole rings is 1. The Bertz CT molecular complexity index is 421. The Hall–Kier alpha value is -0.970. The molecule has 1 aromatic heterocycles. The minimum Gasteiger partial charge on any atom is -0.392 e. The number of nitrogens with zero attached hydrogens (tertiary/aromatic N) is 1. The number of aryl methyl sites for hydroxylation is 1. The van der Waals surface area contributed by atoms with Crippen LogP contribution in [-0.4, -0.2) is 27.9 Å². The molecule has 0 saturated heterocycles. The third kappa shape index (κ3) is 4.81. The van der Waals surface area contributed by atoms with E-state index in [9.17, 15) is 5.11 Å².